The first-order valence-electron chi connectivity index (χ1n) is 7.86. The van der Waals surface area contributed by atoms with Crippen LogP contribution in [0, 0.1) is 0 Å². The van der Waals surface area contributed by atoms with Crippen molar-refractivity contribution >= 4 is 0 Å². The highest BCUT2D eigenvalue weighted by atomic mass is 16.5. The monoisotopic (exact) mass is 288 g/mol. The average molecular weight is 288 g/mol. The molecule has 1 saturated carbocycles. The summed E-state index contributed by atoms with van der Waals surface area (Å²) in [5.41, 5.74) is 0.675. The van der Waals surface area contributed by atoms with E-state index in [1.165, 1.54) is 38.5 Å². The standard InChI is InChI=1S/C14H20N6O/c1-2-4-6-10(5-3-1)13-16-14(21-18-13)12-9-20(19-17-12)11-7-15-8-11/h9-11,15H,1-8H2. The number of hydrogen-bond acceptors (Lipinski definition) is 6. The van der Waals surface area contributed by atoms with Crippen LogP contribution in [0.15, 0.2) is 10.7 Å². The van der Waals surface area contributed by atoms with E-state index in [2.05, 4.69) is 25.8 Å². The Bertz CT molecular complexity index is 594. The number of hydrogen-bond donors (Lipinski definition) is 1. The van der Waals surface area contributed by atoms with Crippen molar-refractivity contribution in [2.75, 3.05) is 13.1 Å². The fraction of sp³-hybridized carbons (Fsp3) is 0.714. The normalized spacial score (nSPS) is 21.1. The van der Waals surface area contributed by atoms with E-state index in [0.29, 0.717) is 23.5 Å². The quantitative estimate of drug-likeness (QED) is 0.869. The Morgan fingerprint density at radius 1 is 1.14 bits per heavy atom. The van der Waals surface area contributed by atoms with Crippen molar-refractivity contribution in [2.24, 2.45) is 0 Å². The molecule has 112 valence electrons. The van der Waals surface area contributed by atoms with Gasteiger partial charge in [-0.3, -0.25) is 0 Å². The first kappa shape index (κ1) is 12.9. The lowest BCUT2D eigenvalue weighted by Gasteiger charge is -2.26. The van der Waals surface area contributed by atoms with Gasteiger partial charge in [-0.15, -0.1) is 5.10 Å². The van der Waals surface area contributed by atoms with Crippen LogP contribution in [0.3, 0.4) is 0 Å². The first-order chi connectivity index (χ1) is 10.4. The molecule has 2 aromatic heterocycles. The second kappa shape index (κ2) is 5.55. The molecule has 0 bridgehead atoms. The molecule has 0 atom stereocenters. The lowest BCUT2D eigenvalue weighted by molar-refractivity contribution is 0.313. The molecule has 2 aromatic rings. The summed E-state index contributed by atoms with van der Waals surface area (Å²) >= 11 is 0. The van der Waals surface area contributed by atoms with Crippen molar-refractivity contribution in [3.8, 4) is 11.6 Å². The molecule has 1 saturated heterocycles. The van der Waals surface area contributed by atoms with Gasteiger partial charge < -0.3 is 9.84 Å². The molecule has 2 fully saturated rings. The largest absolute Gasteiger partial charge is 0.332 e. The SMILES string of the molecule is c1c(-c2nc(C3CCCCCC3)no2)nnn1C1CNC1. The number of nitrogens with zero attached hydrogens (tertiary/aromatic N) is 5. The maximum atomic E-state index is 5.40. The summed E-state index contributed by atoms with van der Waals surface area (Å²) in [5, 5.41) is 15.7. The predicted octanol–water partition coefficient (Wildman–Crippen LogP) is 1.91. The Morgan fingerprint density at radius 2 is 1.95 bits per heavy atom. The van der Waals surface area contributed by atoms with Gasteiger partial charge in [0.1, 0.15) is 0 Å². The zero-order chi connectivity index (χ0) is 14.1. The van der Waals surface area contributed by atoms with Crippen molar-refractivity contribution < 1.29 is 4.52 Å². The van der Waals surface area contributed by atoms with E-state index in [0.717, 1.165) is 18.9 Å². The van der Waals surface area contributed by atoms with Gasteiger partial charge in [0, 0.05) is 19.0 Å². The number of aromatic nitrogens is 5. The molecule has 0 amide bonds. The van der Waals surface area contributed by atoms with Gasteiger partial charge in [-0.2, -0.15) is 4.98 Å². The van der Waals surface area contributed by atoms with E-state index in [1.807, 2.05) is 10.9 Å². The summed E-state index contributed by atoms with van der Waals surface area (Å²) in [6.07, 6.45) is 9.41. The Kier molecular flexibility index (Phi) is 3.42. The summed E-state index contributed by atoms with van der Waals surface area (Å²) in [6, 6.07) is 0.399. The van der Waals surface area contributed by atoms with Crippen LogP contribution in [0.25, 0.3) is 11.6 Å². The molecule has 0 spiro atoms. The van der Waals surface area contributed by atoms with Crippen LogP contribution in [-0.2, 0) is 0 Å². The maximum absolute atomic E-state index is 5.40. The molecule has 3 heterocycles. The molecule has 0 unspecified atom stereocenters. The van der Waals surface area contributed by atoms with Gasteiger partial charge in [0.25, 0.3) is 5.89 Å². The molecule has 0 aromatic carbocycles. The molecular weight excluding hydrogens is 268 g/mol. The Morgan fingerprint density at radius 3 is 2.67 bits per heavy atom. The van der Waals surface area contributed by atoms with Crippen LogP contribution >= 0.6 is 0 Å². The smallest absolute Gasteiger partial charge is 0.280 e. The third-order valence-electron chi connectivity index (χ3n) is 4.53. The van der Waals surface area contributed by atoms with Crippen LogP contribution in [0.2, 0.25) is 0 Å². The van der Waals surface area contributed by atoms with Gasteiger partial charge in [-0.1, -0.05) is 36.1 Å². The third-order valence-corrected chi connectivity index (χ3v) is 4.53. The Hall–Kier alpha value is -1.76. The van der Waals surface area contributed by atoms with Crippen molar-refractivity contribution in [3.63, 3.8) is 0 Å². The Balaban J connectivity index is 1.51. The molecule has 7 heteroatoms. The summed E-state index contributed by atoms with van der Waals surface area (Å²) < 4.78 is 7.27. The van der Waals surface area contributed by atoms with E-state index in [9.17, 15) is 0 Å². The van der Waals surface area contributed by atoms with Gasteiger partial charge in [0.2, 0.25) is 0 Å². The van der Waals surface area contributed by atoms with Crippen LogP contribution in [0.1, 0.15) is 56.3 Å². The molecule has 1 aliphatic heterocycles. The highest BCUT2D eigenvalue weighted by Crippen LogP contribution is 2.30. The molecule has 7 nitrogen and oxygen atoms in total. The molecular formula is C14H20N6O. The van der Waals surface area contributed by atoms with Crippen molar-refractivity contribution in [2.45, 2.75) is 50.5 Å². The Labute approximate surface area is 123 Å². The molecule has 4 rings (SSSR count). The van der Waals surface area contributed by atoms with Crippen molar-refractivity contribution in [1.29, 1.82) is 0 Å². The minimum absolute atomic E-state index is 0.399. The first-order valence-corrected chi connectivity index (χ1v) is 7.86. The van der Waals surface area contributed by atoms with Crippen LogP contribution in [-0.4, -0.2) is 38.2 Å². The fourth-order valence-electron chi connectivity index (χ4n) is 3.06. The lowest BCUT2D eigenvalue weighted by atomic mass is 10.00. The topological polar surface area (TPSA) is 81.7 Å². The van der Waals surface area contributed by atoms with Crippen LogP contribution < -0.4 is 5.32 Å². The lowest BCUT2D eigenvalue weighted by Crippen LogP contribution is -2.43. The van der Waals surface area contributed by atoms with Gasteiger partial charge in [0.05, 0.1) is 12.2 Å². The van der Waals surface area contributed by atoms with E-state index >= 15 is 0 Å². The van der Waals surface area contributed by atoms with Crippen molar-refractivity contribution in [1.82, 2.24) is 30.5 Å². The summed E-state index contributed by atoms with van der Waals surface area (Å²) in [4.78, 5) is 4.55. The minimum atomic E-state index is 0.399. The van der Waals surface area contributed by atoms with Gasteiger partial charge >= 0.3 is 0 Å². The molecule has 1 aliphatic carbocycles. The summed E-state index contributed by atoms with van der Waals surface area (Å²) in [6.45, 7) is 1.89. The fourth-order valence-corrected chi connectivity index (χ4v) is 3.06. The van der Waals surface area contributed by atoms with Gasteiger partial charge in [-0.25, -0.2) is 4.68 Å². The highest BCUT2D eigenvalue weighted by molar-refractivity contribution is 5.43. The van der Waals surface area contributed by atoms with E-state index in [-0.39, 0.29) is 0 Å². The maximum Gasteiger partial charge on any atom is 0.280 e. The second-order valence-electron chi connectivity index (χ2n) is 6.04. The molecule has 1 N–H and O–H groups in total. The summed E-state index contributed by atoms with van der Waals surface area (Å²) in [5.74, 6) is 1.77. The van der Waals surface area contributed by atoms with E-state index in [1.54, 1.807) is 0 Å². The van der Waals surface area contributed by atoms with E-state index < -0.39 is 0 Å². The average Bonchev–Trinajstić information content (AvgIpc) is 3.01. The zero-order valence-corrected chi connectivity index (χ0v) is 12.0. The summed E-state index contributed by atoms with van der Waals surface area (Å²) in [7, 11) is 0. The second-order valence-corrected chi connectivity index (χ2v) is 6.04. The highest BCUT2D eigenvalue weighted by Gasteiger charge is 2.24. The predicted molar refractivity (Wildman–Crippen MR) is 75.7 cm³/mol. The van der Waals surface area contributed by atoms with Gasteiger partial charge in [-0.05, 0) is 12.8 Å². The molecule has 21 heavy (non-hydrogen) atoms. The van der Waals surface area contributed by atoms with Gasteiger partial charge in [0.15, 0.2) is 11.5 Å². The van der Waals surface area contributed by atoms with Crippen molar-refractivity contribution in [3.05, 3.63) is 12.0 Å². The van der Waals surface area contributed by atoms with E-state index in [4.69, 9.17) is 4.52 Å². The minimum Gasteiger partial charge on any atom is -0.332 e. The third kappa shape index (κ3) is 2.57. The number of nitrogens with one attached hydrogen (secondary N) is 1. The van der Waals surface area contributed by atoms with Crippen LogP contribution in [0.5, 0.6) is 0 Å². The zero-order valence-electron chi connectivity index (χ0n) is 12.0. The molecule has 2 aliphatic rings. The molecule has 0 radical (unpaired) electrons. The number of rotatable bonds is 3. The van der Waals surface area contributed by atoms with Crippen LogP contribution in [0.4, 0.5) is 0 Å².